The Morgan fingerprint density at radius 2 is 1.25 bits per heavy atom. The first-order chi connectivity index (χ1) is 0. The SMILES string of the molecule is Cl.[AlH3].[B].[H-].[Na+]. The largest absolute Gasteiger partial charge is 1.00 e. The number of hydrogen-bond acceptors (Lipinski definition) is 0. The molecule has 3 radical (unpaired) electrons. The van der Waals surface area contributed by atoms with Gasteiger partial charge in [-0.1, -0.05) is 0 Å². The molecule has 19 valence electrons. The first-order valence-electron chi connectivity index (χ1n) is 0. The Morgan fingerprint density at radius 1 is 1.25 bits per heavy atom. The van der Waals surface area contributed by atoms with Gasteiger partial charge in [0.25, 0.3) is 0 Å². The molecule has 0 rings (SSSR count). The third-order valence-corrected chi connectivity index (χ3v) is 0. The monoisotopic (exact) mass is 101 g/mol. The Bertz CT molecular complexity index is 11.6. The van der Waals surface area contributed by atoms with E-state index < -0.39 is 0 Å². The Kier molecular flexibility index (Phi) is 205. The Balaban J connectivity index is 0. The summed E-state index contributed by atoms with van der Waals surface area (Å²) in [6.45, 7) is 0. The molecule has 0 amide bonds. The molecule has 0 aliphatic heterocycles. The van der Waals surface area contributed by atoms with E-state index in [0.29, 0.717) is 0 Å². The van der Waals surface area contributed by atoms with Crippen LogP contribution in [0, 0.1) is 0 Å². The average Bonchev–Trinajstić information content (AvgIpc) is 0. The smallest absolute Gasteiger partial charge is 1.00 e. The van der Waals surface area contributed by atoms with E-state index in [1.165, 1.54) is 0 Å². The van der Waals surface area contributed by atoms with Gasteiger partial charge in [0.1, 0.15) is 0 Å². The van der Waals surface area contributed by atoms with Gasteiger partial charge in [-0.05, 0) is 0 Å². The van der Waals surface area contributed by atoms with Crippen LogP contribution in [-0.2, 0) is 0 Å². The summed E-state index contributed by atoms with van der Waals surface area (Å²) in [5, 5.41) is 0. The van der Waals surface area contributed by atoms with E-state index in [9.17, 15) is 0 Å². The van der Waals surface area contributed by atoms with Crippen LogP contribution in [0.5, 0.6) is 0 Å². The molecular formula is H5AlBClNa. The molecule has 0 atom stereocenters. The van der Waals surface area contributed by atoms with Gasteiger partial charge in [-0.2, -0.15) is 0 Å². The van der Waals surface area contributed by atoms with Crippen LogP contribution in [0.2, 0.25) is 0 Å². The predicted molar refractivity (Wildman–Crippen MR) is 24.1 cm³/mol. The fraction of sp³-hybridized carbons (Fsp3) is 0. The summed E-state index contributed by atoms with van der Waals surface area (Å²) in [5.41, 5.74) is 0. The van der Waals surface area contributed by atoms with Crippen molar-refractivity contribution in [3.63, 3.8) is 0 Å². The zero-order valence-corrected chi connectivity index (χ0v) is 4.80. The number of rotatable bonds is 0. The summed E-state index contributed by atoms with van der Waals surface area (Å²) in [6.07, 6.45) is 0. The van der Waals surface area contributed by atoms with E-state index in [4.69, 9.17) is 0 Å². The normalized spacial score (nSPS) is 0. The molecular weight excluding hydrogens is 96.2 g/mol. The first-order valence-corrected chi connectivity index (χ1v) is 0. The van der Waals surface area contributed by atoms with Gasteiger partial charge in [0.2, 0.25) is 0 Å². The van der Waals surface area contributed by atoms with Crippen LogP contribution in [0.25, 0.3) is 0 Å². The summed E-state index contributed by atoms with van der Waals surface area (Å²) in [6, 6.07) is 0. The number of halogens is 1. The second-order valence-corrected chi connectivity index (χ2v) is 0. The average molecular weight is 101 g/mol. The van der Waals surface area contributed by atoms with Crippen LogP contribution in [-0.4, -0.2) is 25.8 Å². The molecule has 0 fully saturated rings. The van der Waals surface area contributed by atoms with Crippen molar-refractivity contribution >= 4 is 38.2 Å². The molecule has 4 heavy (non-hydrogen) atoms. The summed E-state index contributed by atoms with van der Waals surface area (Å²) in [5.74, 6) is 0. The molecule has 0 heterocycles. The van der Waals surface area contributed by atoms with Gasteiger partial charge < -0.3 is 1.43 Å². The van der Waals surface area contributed by atoms with E-state index in [1.807, 2.05) is 0 Å². The van der Waals surface area contributed by atoms with Crippen molar-refractivity contribution in [1.29, 1.82) is 0 Å². The molecule has 0 aliphatic carbocycles. The minimum absolute atomic E-state index is 0. The molecule has 0 saturated carbocycles. The molecule has 0 aromatic rings. The third-order valence-electron chi connectivity index (χ3n) is 0. The Morgan fingerprint density at radius 3 is 1.25 bits per heavy atom. The van der Waals surface area contributed by atoms with Crippen LogP contribution in [0.4, 0.5) is 0 Å². The molecule has 0 bridgehead atoms. The van der Waals surface area contributed by atoms with Crippen molar-refractivity contribution in [1.82, 2.24) is 0 Å². The zero-order chi connectivity index (χ0) is 0. The van der Waals surface area contributed by atoms with E-state index in [-0.39, 0.29) is 69.2 Å². The summed E-state index contributed by atoms with van der Waals surface area (Å²) >= 11 is 0. The fourth-order valence-corrected chi connectivity index (χ4v) is 0. The molecule has 0 nitrogen and oxygen atoms in total. The minimum atomic E-state index is 0. The number of hydrogen-bond donors (Lipinski definition) is 0. The summed E-state index contributed by atoms with van der Waals surface area (Å²) < 4.78 is 0. The standard InChI is InChI=1S/Al.B.ClH.Na.4H/h;;1H;;;;;/q;;;+1;;;;-1. The molecule has 0 aromatic heterocycles. The molecule has 0 aromatic carbocycles. The topological polar surface area (TPSA) is 0 Å². The fourth-order valence-electron chi connectivity index (χ4n) is 0. The second-order valence-electron chi connectivity index (χ2n) is 0. The van der Waals surface area contributed by atoms with Crippen LogP contribution < -0.4 is 29.6 Å². The molecule has 4 heteroatoms. The molecule has 0 unspecified atom stereocenters. The van der Waals surface area contributed by atoms with Crippen molar-refractivity contribution in [2.24, 2.45) is 0 Å². The van der Waals surface area contributed by atoms with Crippen molar-refractivity contribution in [2.45, 2.75) is 0 Å². The van der Waals surface area contributed by atoms with Gasteiger partial charge in [0.05, 0.1) is 0 Å². The molecule has 0 saturated heterocycles. The van der Waals surface area contributed by atoms with E-state index in [1.54, 1.807) is 0 Å². The maximum Gasteiger partial charge on any atom is 1.00 e. The summed E-state index contributed by atoms with van der Waals surface area (Å²) in [7, 11) is 0. The van der Waals surface area contributed by atoms with Crippen LogP contribution >= 0.6 is 12.4 Å². The molecule has 0 N–H and O–H groups in total. The maximum absolute atomic E-state index is 0. The molecule has 0 aliphatic rings. The van der Waals surface area contributed by atoms with E-state index in [0.717, 1.165) is 0 Å². The van der Waals surface area contributed by atoms with Crippen molar-refractivity contribution in [2.75, 3.05) is 0 Å². The predicted octanol–water partition coefficient (Wildman–Crippen LogP) is -4.03. The van der Waals surface area contributed by atoms with Gasteiger partial charge in [-0.3, -0.25) is 0 Å². The van der Waals surface area contributed by atoms with Gasteiger partial charge in [0.15, 0.2) is 17.4 Å². The Hall–Kier alpha value is 1.89. The van der Waals surface area contributed by atoms with Gasteiger partial charge in [-0.15, -0.1) is 12.4 Å². The summed E-state index contributed by atoms with van der Waals surface area (Å²) in [4.78, 5) is 0. The van der Waals surface area contributed by atoms with Gasteiger partial charge in [0, 0.05) is 8.41 Å². The van der Waals surface area contributed by atoms with Gasteiger partial charge >= 0.3 is 29.6 Å². The second kappa shape index (κ2) is 20.7. The van der Waals surface area contributed by atoms with Crippen molar-refractivity contribution in [3.05, 3.63) is 0 Å². The van der Waals surface area contributed by atoms with E-state index in [2.05, 4.69) is 0 Å². The van der Waals surface area contributed by atoms with Crippen molar-refractivity contribution in [3.8, 4) is 0 Å². The minimum Gasteiger partial charge on any atom is -1.00 e. The van der Waals surface area contributed by atoms with Crippen LogP contribution in [0.1, 0.15) is 1.43 Å². The van der Waals surface area contributed by atoms with Gasteiger partial charge in [-0.25, -0.2) is 0 Å². The van der Waals surface area contributed by atoms with E-state index >= 15 is 0 Å². The first kappa shape index (κ1) is 39.5. The maximum atomic E-state index is 0. The van der Waals surface area contributed by atoms with Crippen molar-refractivity contribution < 1.29 is 31.0 Å². The van der Waals surface area contributed by atoms with Crippen LogP contribution in [0.15, 0.2) is 0 Å². The third kappa shape index (κ3) is 9.10. The quantitative estimate of drug-likeness (QED) is 0.273. The molecule has 0 spiro atoms. The zero-order valence-electron chi connectivity index (χ0n) is 2.99. The Labute approximate surface area is 68.6 Å². The van der Waals surface area contributed by atoms with Crippen LogP contribution in [0.3, 0.4) is 0 Å².